The van der Waals surface area contributed by atoms with Crippen LogP contribution in [0.25, 0.3) is 11.1 Å². The Balaban J connectivity index is 0.000000267. The molecule has 2 rings (SSSR count). The molecule has 0 radical (unpaired) electrons. The zero-order chi connectivity index (χ0) is 15.0. The Kier molecular flexibility index (Phi) is 6.73. The van der Waals surface area contributed by atoms with Gasteiger partial charge in [0.15, 0.2) is 5.92 Å². The number of rotatable bonds is 6. The molecule has 5 heteroatoms. The molecule has 20 heavy (non-hydrogen) atoms. The molecule has 0 aromatic heterocycles. The first-order valence-electron chi connectivity index (χ1n) is 6.74. The molecule has 0 aliphatic heterocycles. The molecule has 0 aromatic rings. The Morgan fingerprint density at radius 2 is 1.80 bits per heavy atom. The van der Waals surface area contributed by atoms with Crippen molar-refractivity contribution >= 4 is 11.9 Å². The third-order valence-corrected chi connectivity index (χ3v) is 2.79. The number of hydrogen-bond donors (Lipinski definition) is 1. The zero-order valence-electron chi connectivity index (χ0n) is 11.9. The fraction of sp³-hybridized carbons (Fsp3) is 0.467. The lowest BCUT2D eigenvalue weighted by Gasteiger charge is -2.09. The van der Waals surface area contributed by atoms with Crippen LogP contribution in [-0.4, -0.2) is 25.3 Å². The number of unbranched alkanes of at least 4 members (excludes halogenated alkanes) is 1. The van der Waals surface area contributed by atoms with Gasteiger partial charge >= 0.3 is 11.9 Å². The molecule has 1 unspecified atom stereocenters. The summed E-state index contributed by atoms with van der Waals surface area (Å²) < 4.78 is 9.30. The van der Waals surface area contributed by atoms with Crippen LogP contribution in [0.15, 0.2) is 24.3 Å². The monoisotopic (exact) mass is 279 g/mol. The van der Waals surface area contributed by atoms with Crippen molar-refractivity contribution in [3.05, 3.63) is 24.3 Å². The molecule has 0 saturated carbocycles. The van der Waals surface area contributed by atoms with E-state index in [0.717, 1.165) is 12.8 Å². The van der Waals surface area contributed by atoms with Crippen molar-refractivity contribution in [1.29, 1.82) is 0 Å². The summed E-state index contributed by atoms with van der Waals surface area (Å²) in [4.78, 5) is 22.2. The van der Waals surface area contributed by atoms with Gasteiger partial charge in [0.05, 0.1) is 6.61 Å². The fourth-order valence-electron chi connectivity index (χ4n) is 1.42. The molecule has 0 amide bonds. The molecule has 2 N–H and O–H groups in total. The molecule has 0 aromatic carbocycles. The van der Waals surface area contributed by atoms with Crippen LogP contribution in [0, 0.1) is 5.92 Å². The van der Waals surface area contributed by atoms with Gasteiger partial charge in [-0.15, -0.1) is 0 Å². The summed E-state index contributed by atoms with van der Waals surface area (Å²) in [5.41, 5.74) is 7.85. The van der Waals surface area contributed by atoms with E-state index in [0.29, 0.717) is 6.61 Å². The largest absolute Gasteiger partial charge is 0.465 e. The Morgan fingerprint density at radius 3 is 2.20 bits per heavy atom. The first-order valence-corrected chi connectivity index (χ1v) is 6.74. The van der Waals surface area contributed by atoms with Gasteiger partial charge in [-0.05, 0) is 30.5 Å². The van der Waals surface area contributed by atoms with Crippen LogP contribution < -0.4 is 5.73 Å². The standard InChI is InChI=1S/C9H17NO4.C6H4/c1-3-4-5-13-8(11)7(2)9(12)14-6-10;1-2-5-4-6(5)3-1/h7H,3-6,10H2,1-2H3;1-4H. The molecule has 5 nitrogen and oxygen atoms in total. The minimum absolute atomic E-state index is 0.217. The summed E-state index contributed by atoms with van der Waals surface area (Å²) in [5.74, 6) is -2.10. The van der Waals surface area contributed by atoms with Crippen LogP contribution >= 0.6 is 0 Å². The van der Waals surface area contributed by atoms with E-state index in [1.807, 2.05) is 6.92 Å². The van der Waals surface area contributed by atoms with Crippen molar-refractivity contribution in [2.75, 3.05) is 13.3 Å². The molecule has 0 heterocycles. The topological polar surface area (TPSA) is 78.6 Å². The highest BCUT2D eigenvalue weighted by atomic mass is 16.6. The van der Waals surface area contributed by atoms with Crippen LogP contribution in [-0.2, 0) is 19.1 Å². The van der Waals surface area contributed by atoms with E-state index in [1.54, 1.807) is 0 Å². The van der Waals surface area contributed by atoms with Crippen molar-refractivity contribution in [2.24, 2.45) is 11.7 Å². The highest BCUT2D eigenvalue weighted by Crippen LogP contribution is 2.32. The molecule has 0 bridgehead atoms. The number of esters is 2. The Labute approximate surface area is 119 Å². The third-order valence-electron chi connectivity index (χ3n) is 2.79. The first kappa shape index (κ1) is 16.2. The van der Waals surface area contributed by atoms with Crippen molar-refractivity contribution in [3.8, 4) is 11.1 Å². The van der Waals surface area contributed by atoms with Gasteiger partial charge in [-0.2, -0.15) is 0 Å². The summed E-state index contributed by atoms with van der Waals surface area (Å²) in [6.07, 6.45) is 1.74. The Bertz CT molecular complexity index is 442. The van der Waals surface area contributed by atoms with Gasteiger partial charge in [-0.1, -0.05) is 31.5 Å². The predicted octanol–water partition coefficient (Wildman–Crippen LogP) is 2.09. The Morgan fingerprint density at radius 1 is 1.20 bits per heavy atom. The smallest absolute Gasteiger partial charge is 0.321 e. The highest BCUT2D eigenvalue weighted by Gasteiger charge is 2.23. The molecule has 110 valence electrons. The quantitative estimate of drug-likeness (QED) is 0.379. The zero-order valence-corrected chi connectivity index (χ0v) is 11.9. The number of benzene rings is 1. The van der Waals surface area contributed by atoms with Gasteiger partial charge in [0.1, 0.15) is 6.73 Å². The molecule has 2 aliphatic rings. The van der Waals surface area contributed by atoms with Gasteiger partial charge in [-0.3, -0.25) is 15.3 Å². The molecule has 1 atom stereocenters. The second kappa shape index (κ2) is 8.32. The maximum Gasteiger partial charge on any atom is 0.321 e. The highest BCUT2D eigenvalue weighted by molar-refractivity contribution is 5.94. The molecule has 2 aliphatic carbocycles. The lowest BCUT2D eigenvalue weighted by Crippen LogP contribution is -2.27. The first-order chi connectivity index (χ1) is 9.60. The second-order valence-electron chi connectivity index (χ2n) is 4.45. The van der Waals surface area contributed by atoms with Crippen molar-refractivity contribution in [3.63, 3.8) is 0 Å². The number of fused-ring (bicyclic) bond motifs is 1. The Hall–Kier alpha value is -1.88. The number of nitrogens with two attached hydrogens (primary N) is 1. The predicted molar refractivity (Wildman–Crippen MR) is 75.6 cm³/mol. The maximum absolute atomic E-state index is 11.2. The van der Waals surface area contributed by atoms with E-state index < -0.39 is 17.9 Å². The summed E-state index contributed by atoms with van der Waals surface area (Å²) in [7, 11) is 0. The van der Waals surface area contributed by atoms with Gasteiger partial charge in [-0.25, -0.2) is 0 Å². The molecular weight excluding hydrogens is 258 g/mol. The third kappa shape index (κ3) is 5.40. The second-order valence-corrected chi connectivity index (χ2v) is 4.45. The van der Waals surface area contributed by atoms with E-state index >= 15 is 0 Å². The number of carbonyl (C=O) groups is 2. The average Bonchev–Trinajstić information content (AvgIpc) is 3.05. The van der Waals surface area contributed by atoms with E-state index in [4.69, 9.17) is 10.5 Å². The van der Waals surface area contributed by atoms with Gasteiger partial charge in [0, 0.05) is 0 Å². The fourth-order valence-corrected chi connectivity index (χ4v) is 1.42. The van der Waals surface area contributed by atoms with E-state index in [9.17, 15) is 9.59 Å². The summed E-state index contributed by atoms with van der Waals surface area (Å²) in [5, 5.41) is 0. The summed E-state index contributed by atoms with van der Waals surface area (Å²) in [6.45, 7) is 3.55. The van der Waals surface area contributed by atoms with E-state index in [1.165, 1.54) is 18.1 Å². The summed E-state index contributed by atoms with van der Waals surface area (Å²) in [6, 6.07) is 8.48. The lowest BCUT2D eigenvalue weighted by molar-refractivity contribution is -0.161. The van der Waals surface area contributed by atoms with Crippen molar-refractivity contribution < 1.29 is 19.1 Å². The van der Waals surface area contributed by atoms with Gasteiger partial charge in [0.25, 0.3) is 0 Å². The van der Waals surface area contributed by atoms with Crippen molar-refractivity contribution in [2.45, 2.75) is 26.7 Å². The number of carbonyl (C=O) groups excluding carboxylic acids is 2. The molecule has 0 fully saturated rings. The minimum Gasteiger partial charge on any atom is -0.465 e. The van der Waals surface area contributed by atoms with Crippen LogP contribution in [0.3, 0.4) is 0 Å². The average molecular weight is 279 g/mol. The maximum atomic E-state index is 11.2. The van der Waals surface area contributed by atoms with E-state index in [2.05, 4.69) is 29.0 Å². The van der Waals surface area contributed by atoms with Gasteiger partial charge in [0.2, 0.25) is 0 Å². The number of hydrogen-bond acceptors (Lipinski definition) is 5. The molecule has 0 saturated heterocycles. The van der Waals surface area contributed by atoms with Crippen LogP contribution in [0.2, 0.25) is 0 Å². The summed E-state index contributed by atoms with van der Waals surface area (Å²) >= 11 is 0. The van der Waals surface area contributed by atoms with Crippen LogP contribution in [0.5, 0.6) is 0 Å². The van der Waals surface area contributed by atoms with Crippen LogP contribution in [0.4, 0.5) is 0 Å². The molecular formula is C15H21NO4. The minimum atomic E-state index is -0.893. The normalized spacial score (nSPS) is 11.8. The SMILES string of the molecule is CCCCOC(=O)C(C)C(=O)OCN.c1cc2cc-2c1. The molecule has 0 spiro atoms. The van der Waals surface area contributed by atoms with Crippen molar-refractivity contribution in [1.82, 2.24) is 0 Å². The van der Waals surface area contributed by atoms with Crippen LogP contribution in [0.1, 0.15) is 26.7 Å². The van der Waals surface area contributed by atoms with E-state index in [-0.39, 0.29) is 6.73 Å². The van der Waals surface area contributed by atoms with Gasteiger partial charge < -0.3 is 9.47 Å². The number of ether oxygens (including phenoxy) is 2. The lowest BCUT2D eigenvalue weighted by atomic mass is 10.2.